The molecule has 1 N–H and O–H groups in total. The van der Waals surface area contributed by atoms with Crippen molar-refractivity contribution in [2.45, 2.75) is 39.5 Å². The second-order valence-corrected chi connectivity index (χ2v) is 6.20. The van der Waals surface area contributed by atoms with E-state index in [9.17, 15) is 9.59 Å². The van der Waals surface area contributed by atoms with Gasteiger partial charge in [0.25, 0.3) is 0 Å². The van der Waals surface area contributed by atoms with Gasteiger partial charge in [0.05, 0.1) is 18.2 Å². The molecule has 6 nitrogen and oxygen atoms in total. The lowest BCUT2D eigenvalue weighted by Crippen LogP contribution is -2.42. The van der Waals surface area contributed by atoms with E-state index in [4.69, 9.17) is 4.74 Å². The van der Waals surface area contributed by atoms with E-state index in [1.807, 2.05) is 5.38 Å². The Bertz CT molecular complexity index is 510. The second kappa shape index (κ2) is 8.12. The number of piperidine rings is 1. The molecule has 2 heterocycles. The molecule has 1 aliphatic heterocycles. The summed E-state index contributed by atoms with van der Waals surface area (Å²) < 4.78 is 5.03. The SMILES string of the molecule is CCCc1csc(NC(=O)N2CCC(C(=O)OCC)CC2)n1. The van der Waals surface area contributed by atoms with Crippen molar-refractivity contribution in [1.29, 1.82) is 0 Å². The lowest BCUT2D eigenvalue weighted by Gasteiger charge is -2.30. The van der Waals surface area contributed by atoms with E-state index in [2.05, 4.69) is 17.2 Å². The first-order valence-corrected chi connectivity index (χ1v) is 8.69. The number of aromatic nitrogens is 1. The van der Waals surface area contributed by atoms with Crippen LogP contribution >= 0.6 is 11.3 Å². The van der Waals surface area contributed by atoms with E-state index in [-0.39, 0.29) is 17.9 Å². The van der Waals surface area contributed by atoms with Crippen LogP contribution in [0, 0.1) is 5.92 Å². The average Bonchev–Trinajstić information content (AvgIpc) is 2.95. The molecular weight excluding hydrogens is 302 g/mol. The summed E-state index contributed by atoms with van der Waals surface area (Å²) in [6.45, 7) is 5.46. The summed E-state index contributed by atoms with van der Waals surface area (Å²) >= 11 is 1.45. The van der Waals surface area contributed by atoms with Gasteiger partial charge < -0.3 is 9.64 Å². The molecule has 0 spiro atoms. The molecule has 2 amide bonds. The summed E-state index contributed by atoms with van der Waals surface area (Å²) in [4.78, 5) is 30.0. The second-order valence-electron chi connectivity index (χ2n) is 5.34. The Labute approximate surface area is 134 Å². The summed E-state index contributed by atoms with van der Waals surface area (Å²) in [7, 11) is 0. The van der Waals surface area contributed by atoms with Crippen molar-refractivity contribution in [3.63, 3.8) is 0 Å². The van der Waals surface area contributed by atoms with Gasteiger partial charge in [-0.25, -0.2) is 9.78 Å². The smallest absolute Gasteiger partial charge is 0.323 e. The molecule has 0 aliphatic carbocycles. The van der Waals surface area contributed by atoms with E-state index in [0.717, 1.165) is 18.5 Å². The van der Waals surface area contributed by atoms with Gasteiger partial charge in [0, 0.05) is 18.5 Å². The minimum absolute atomic E-state index is 0.0833. The van der Waals surface area contributed by atoms with Crippen molar-refractivity contribution in [2.75, 3.05) is 25.0 Å². The molecule has 0 saturated carbocycles. The number of ether oxygens (including phenoxy) is 1. The Morgan fingerprint density at radius 2 is 2.14 bits per heavy atom. The molecule has 22 heavy (non-hydrogen) atoms. The molecule has 0 atom stereocenters. The Balaban J connectivity index is 1.80. The number of carbonyl (C=O) groups excluding carboxylic acids is 2. The normalized spacial score (nSPS) is 15.6. The highest BCUT2D eigenvalue weighted by Gasteiger charge is 2.28. The van der Waals surface area contributed by atoms with E-state index >= 15 is 0 Å². The monoisotopic (exact) mass is 325 g/mol. The first-order valence-electron chi connectivity index (χ1n) is 7.81. The van der Waals surface area contributed by atoms with Gasteiger partial charge in [-0.05, 0) is 26.2 Å². The molecule has 2 rings (SSSR count). The van der Waals surface area contributed by atoms with Crippen LogP contribution in [0.3, 0.4) is 0 Å². The first kappa shape index (κ1) is 16.7. The molecule has 0 aromatic carbocycles. The van der Waals surface area contributed by atoms with Crippen LogP contribution in [0.1, 0.15) is 38.8 Å². The van der Waals surface area contributed by atoms with Crippen LogP contribution < -0.4 is 5.32 Å². The lowest BCUT2D eigenvalue weighted by molar-refractivity contribution is -0.149. The van der Waals surface area contributed by atoms with Crippen molar-refractivity contribution in [3.8, 4) is 0 Å². The molecule has 1 aromatic rings. The Morgan fingerprint density at radius 1 is 1.41 bits per heavy atom. The maximum Gasteiger partial charge on any atom is 0.323 e. The predicted molar refractivity (Wildman–Crippen MR) is 86.1 cm³/mol. The number of esters is 1. The van der Waals surface area contributed by atoms with Crippen LogP contribution in [-0.4, -0.2) is 41.6 Å². The van der Waals surface area contributed by atoms with Gasteiger partial charge >= 0.3 is 12.0 Å². The minimum atomic E-state index is -0.147. The van der Waals surface area contributed by atoms with Crippen molar-refractivity contribution >= 4 is 28.5 Å². The number of hydrogen-bond acceptors (Lipinski definition) is 5. The predicted octanol–water partition coefficient (Wildman–Crippen LogP) is 2.90. The maximum absolute atomic E-state index is 12.2. The number of aryl methyl sites for hydroxylation is 1. The molecule has 0 bridgehead atoms. The molecule has 0 unspecified atom stereocenters. The number of carbonyl (C=O) groups is 2. The molecule has 1 saturated heterocycles. The molecular formula is C15H23N3O3S. The van der Waals surface area contributed by atoms with Crippen LogP contribution in [0.4, 0.5) is 9.93 Å². The number of amides is 2. The van der Waals surface area contributed by atoms with Crippen molar-refractivity contribution in [2.24, 2.45) is 5.92 Å². The van der Waals surface area contributed by atoms with Crippen LogP contribution in [0.2, 0.25) is 0 Å². The molecule has 1 aromatic heterocycles. The van der Waals surface area contributed by atoms with Gasteiger partial charge in [-0.2, -0.15) is 0 Å². The van der Waals surface area contributed by atoms with Crippen LogP contribution in [-0.2, 0) is 16.0 Å². The number of nitrogens with one attached hydrogen (secondary N) is 1. The summed E-state index contributed by atoms with van der Waals surface area (Å²) in [6, 6.07) is -0.139. The highest BCUT2D eigenvalue weighted by atomic mass is 32.1. The largest absolute Gasteiger partial charge is 0.466 e. The van der Waals surface area contributed by atoms with E-state index in [0.29, 0.717) is 37.7 Å². The third kappa shape index (κ3) is 4.43. The number of urea groups is 1. The quantitative estimate of drug-likeness (QED) is 0.845. The zero-order valence-corrected chi connectivity index (χ0v) is 13.9. The van der Waals surface area contributed by atoms with Crippen molar-refractivity contribution in [1.82, 2.24) is 9.88 Å². The molecule has 7 heteroatoms. The standard InChI is InChI=1S/C15H23N3O3S/c1-3-5-12-10-22-14(16-12)17-15(20)18-8-6-11(7-9-18)13(19)21-4-2/h10-11H,3-9H2,1-2H3,(H,16,17,20). The molecule has 122 valence electrons. The van der Waals surface area contributed by atoms with E-state index < -0.39 is 0 Å². The van der Waals surface area contributed by atoms with Gasteiger partial charge in [-0.3, -0.25) is 10.1 Å². The number of likely N-dealkylation sites (tertiary alicyclic amines) is 1. The van der Waals surface area contributed by atoms with Gasteiger partial charge in [0.2, 0.25) is 0 Å². The van der Waals surface area contributed by atoms with Gasteiger partial charge in [0.1, 0.15) is 0 Å². The zero-order chi connectivity index (χ0) is 15.9. The lowest BCUT2D eigenvalue weighted by atomic mass is 9.97. The topological polar surface area (TPSA) is 71.5 Å². The molecule has 1 fully saturated rings. The van der Waals surface area contributed by atoms with Gasteiger partial charge in [-0.15, -0.1) is 11.3 Å². The Morgan fingerprint density at radius 3 is 2.77 bits per heavy atom. The summed E-state index contributed by atoms with van der Waals surface area (Å²) in [5, 5.41) is 5.46. The van der Waals surface area contributed by atoms with E-state index in [1.54, 1.807) is 11.8 Å². The van der Waals surface area contributed by atoms with E-state index in [1.165, 1.54) is 11.3 Å². The maximum atomic E-state index is 12.2. The zero-order valence-electron chi connectivity index (χ0n) is 13.1. The number of hydrogen-bond donors (Lipinski definition) is 1. The van der Waals surface area contributed by atoms with Crippen molar-refractivity contribution in [3.05, 3.63) is 11.1 Å². The van der Waals surface area contributed by atoms with Crippen LogP contribution in [0.25, 0.3) is 0 Å². The fourth-order valence-corrected chi connectivity index (χ4v) is 3.22. The third-order valence-corrected chi connectivity index (χ3v) is 4.48. The summed E-state index contributed by atoms with van der Waals surface area (Å²) in [5.74, 6) is -0.230. The number of anilines is 1. The fraction of sp³-hybridized carbons (Fsp3) is 0.667. The number of rotatable bonds is 5. The Hall–Kier alpha value is -1.63. The Kier molecular flexibility index (Phi) is 6.18. The summed E-state index contributed by atoms with van der Waals surface area (Å²) in [5.41, 5.74) is 1.02. The van der Waals surface area contributed by atoms with Gasteiger partial charge in [-0.1, -0.05) is 13.3 Å². The van der Waals surface area contributed by atoms with Gasteiger partial charge in [0.15, 0.2) is 5.13 Å². The molecule has 1 aliphatic rings. The first-order chi connectivity index (χ1) is 10.6. The highest BCUT2D eigenvalue weighted by molar-refractivity contribution is 7.13. The van der Waals surface area contributed by atoms with Crippen molar-refractivity contribution < 1.29 is 14.3 Å². The van der Waals surface area contributed by atoms with Crippen LogP contribution in [0.15, 0.2) is 5.38 Å². The minimum Gasteiger partial charge on any atom is -0.466 e. The number of thiazole rings is 1. The third-order valence-electron chi connectivity index (χ3n) is 3.67. The summed E-state index contributed by atoms with van der Waals surface area (Å²) in [6.07, 6.45) is 3.28. The van der Waals surface area contributed by atoms with Crippen LogP contribution in [0.5, 0.6) is 0 Å². The highest BCUT2D eigenvalue weighted by Crippen LogP contribution is 2.21. The number of nitrogens with zero attached hydrogens (tertiary/aromatic N) is 2. The fourth-order valence-electron chi connectivity index (χ4n) is 2.48. The molecule has 0 radical (unpaired) electrons. The average molecular weight is 325 g/mol.